The number of sulfonamides is 1. The van der Waals surface area contributed by atoms with Crippen molar-refractivity contribution in [2.75, 3.05) is 17.4 Å². The van der Waals surface area contributed by atoms with E-state index in [-0.39, 0.29) is 18.5 Å². The fourth-order valence-electron chi connectivity index (χ4n) is 4.74. The first-order chi connectivity index (χ1) is 17.2. The molecule has 5 rings (SSSR count). The third-order valence-electron chi connectivity index (χ3n) is 6.76. The van der Waals surface area contributed by atoms with E-state index < -0.39 is 10.0 Å². The number of hydrogen-bond donors (Lipinski definition) is 3. The van der Waals surface area contributed by atoms with Crippen LogP contribution in [0.25, 0.3) is 16.8 Å². The molecule has 1 saturated heterocycles. The van der Waals surface area contributed by atoms with Crippen LogP contribution in [0.3, 0.4) is 0 Å². The van der Waals surface area contributed by atoms with Gasteiger partial charge in [-0.25, -0.2) is 8.42 Å². The molecule has 0 amide bonds. The number of rotatable bonds is 5. The first kappa shape index (κ1) is 23.9. The summed E-state index contributed by atoms with van der Waals surface area (Å²) < 4.78 is 33.6. The average Bonchev–Trinajstić information content (AvgIpc) is 2.85. The highest BCUT2D eigenvalue weighted by molar-refractivity contribution is 7.95. The number of ether oxygens (including phenoxy) is 1. The minimum absolute atomic E-state index is 0.00612. The number of nitrogen functional groups attached to an aromatic ring is 1. The SMILES string of the molecule is CC(=N)N1CCC(Oc2ccc3c(c2)C=CS(=O)(=O)N3Cc2ccc3ccc(C(=N)N)cc3c2)CC1. The molecule has 186 valence electrons. The van der Waals surface area contributed by atoms with Gasteiger partial charge in [0.2, 0.25) is 0 Å². The summed E-state index contributed by atoms with van der Waals surface area (Å²) in [5.74, 6) is 1.29. The van der Waals surface area contributed by atoms with E-state index in [1.165, 1.54) is 9.71 Å². The molecule has 0 spiro atoms. The second kappa shape index (κ2) is 9.31. The lowest BCUT2D eigenvalue weighted by Gasteiger charge is -2.33. The van der Waals surface area contributed by atoms with Crippen LogP contribution in [0.2, 0.25) is 0 Å². The van der Waals surface area contributed by atoms with Gasteiger partial charge in [-0.15, -0.1) is 0 Å². The van der Waals surface area contributed by atoms with Crippen molar-refractivity contribution in [1.29, 1.82) is 10.8 Å². The lowest BCUT2D eigenvalue weighted by molar-refractivity contribution is 0.130. The first-order valence-corrected chi connectivity index (χ1v) is 13.4. The zero-order valence-electron chi connectivity index (χ0n) is 20.1. The van der Waals surface area contributed by atoms with Crippen LogP contribution in [-0.4, -0.2) is 44.2 Å². The Bertz CT molecular complexity index is 1490. The highest BCUT2D eigenvalue weighted by Crippen LogP contribution is 2.35. The molecule has 2 aliphatic rings. The predicted molar refractivity (Wildman–Crippen MR) is 144 cm³/mol. The van der Waals surface area contributed by atoms with Gasteiger partial charge in [-0.3, -0.25) is 15.1 Å². The summed E-state index contributed by atoms with van der Waals surface area (Å²) in [5.41, 5.74) is 8.50. The molecule has 9 heteroatoms. The maximum atomic E-state index is 13.0. The van der Waals surface area contributed by atoms with Gasteiger partial charge < -0.3 is 15.4 Å². The number of hydrogen-bond acceptors (Lipinski definition) is 5. The summed E-state index contributed by atoms with van der Waals surface area (Å²) in [4.78, 5) is 2.05. The maximum Gasteiger partial charge on any atom is 0.257 e. The molecule has 0 saturated carbocycles. The molecule has 0 unspecified atom stereocenters. The first-order valence-electron chi connectivity index (χ1n) is 11.9. The fraction of sp³-hybridized carbons (Fsp3) is 0.259. The van der Waals surface area contributed by atoms with Crippen molar-refractivity contribution >= 4 is 44.2 Å². The number of benzene rings is 3. The smallest absolute Gasteiger partial charge is 0.257 e. The van der Waals surface area contributed by atoms with Crippen molar-refractivity contribution in [1.82, 2.24) is 4.90 Å². The van der Waals surface area contributed by atoms with Crippen molar-refractivity contribution in [3.05, 3.63) is 76.7 Å². The second-order valence-corrected chi connectivity index (χ2v) is 11.0. The monoisotopic (exact) mass is 503 g/mol. The molecule has 0 bridgehead atoms. The molecule has 3 aromatic rings. The molecule has 8 nitrogen and oxygen atoms in total. The van der Waals surface area contributed by atoms with Crippen molar-refractivity contribution < 1.29 is 13.2 Å². The standard InChI is InChI=1S/C27H29N5O3S/c1-18(28)31-11-8-24(9-12-31)35-25-6-7-26-21(16-25)10-13-36(33,34)32(26)17-19-2-3-20-4-5-22(27(29)30)15-23(20)14-19/h2-7,10,13-16,24,28H,8-9,11-12,17H2,1H3,(H3,29,30). The molecule has 0 radical (unpaired) electrons. The maximum absolute atomic E-state index is 13.0. The Morgan fingerprint density at radius 1 is 1.03 bits per heavy atom. The number of likely N-dealkylation sites (tertiary alicyclic amines) is 1. The van der Waals surface area contributed by atoms with Crippen LogP contribution in [0.15, 0.2) is 60.0 Å². The van der Waals surface area contributed by atoms with Crippen LogP contribution in [0.5, 0.6) is 5.75 Å². The van der Waals surface area contributed by atoms with E-state index in [1.54, 1.807) is 25.1 Å². The van der Waals surface area contributed by atoms with Gasteiger partial charge in [-0.05, 0) is 59.7 Å². The Balaban J connectivity index is 1.38. The van der Waals surface area contributed by atoms with E-state index in [2.05, 4.69) is 0 Å². The summed E-state index contributed by atoms with van der Waals surface area (Å²) in [6.07, 6.45) is 3.38. The summed E-state index contributed by atoms with van der Waals surface area (Å²) in [5, 5.41) is 18.6. The van der Waals surface area contributed by atoms with Crippen LogP contribution in [0.1, 0.15) is 36.5 Å². The fourth-order valence-corrected chi connectivity index (χ4v) is 5.98. The Morgan fingerprint density at radius 3 is 2.50 bits per heavy atom. The molecule has 2 aliphatic heterocycles. The number of nitrogens with zero attached hydrogens (tertiary/aromatic N) is 2. The van der Waals surface area contributed by atoms with E-state index in [9.17, 15) is 8.42 Å². The summed E-state index contributed by atoms with van der Waals surface area (Å²) in [6, 6.07) is 16.9. The largest absolute Gasteiger partial charge is 0.490 e. The van der Waals surface area contributed by atoms with Crippen molar-refractivity contribution in [3.8, 4) is 5.75 Å². The molecule has 36 heavy (non-hydrogen) atoms. The van der Waals surface area contributed by atoms with Crippen LogP contribution in [-0.2, 0) is 16.6 Å². The van der Waals surface area contributed by atoms with Crippen molar-refractivity contribution in [2.24, 2.45) is 5.73 Å². The highest BCUT2D eigenvalue weighted by Gasteiger charge is 2.27. The van der Waals surface area contributed by atoms with Gasteiger partial charge >= 0.3 is 0 Å². The van der Waals surface area contributed by atoms with E-state index >= 15 is 0 Å². The number of anilines is 1. The van der Waals surface area contributed by atoms with E-state index in [4.69, 9.17) is 21.3 Å². The van der Waals surface area contributed by atoms with Gasteiger partial charge in [0.1, 0.15) is 17.7 Å². The highest BCUT2D eigenvalue weighted by atomic mass is 32.2. The average molecular weight is 504 g/mol. The Morgan fingerprint density at radius 2 is 1.78 bits per heavy atom. The van der Waals surface area contributed by atoms with Crippen molar-refractivity contribution in [2.45, 2.75) is 32.4 Å². The number of piperidine rings is 1. The Labute approximate surface area is 211 Å². The van der Waals surface area contributed by atoms with Crippen LogP contribution < -0.4 is 14.8 Å². The second-order valence-electron chi connectivity index (χ2n) is 9.27. The summed E-state index contributed by atoms with van der Waals surface area (Å²) in [7, 11) is -3.63. The Kier molecular flexibility index (Phi) is 6.17. The number of amidine groups is 2. The van der Waals surface area contributed by atoms with Crippen LogP contribution >= 0.6 is 0 Å². The van der Waals surface area contributed by atoms with Crippen LogP contribution in [0, 0.1) is 10.8 Å². The Hall–Kier alpha value is -3.85. The lowest BCUT2D eigenvalue weighted by Crippen LogP contribution is -2.40. The third-order valence-corrected chi connectivity index (χ3v) is 8.18. The van der Waals surface area contributed by atoms with E-state index in [0.29, 0.717) is 22.8 Å². The molecular weight excluding hydrogens is 474 g/mol. The zero-order chi connectivity index (χ0) is 25.4. The third kappa shape index (κ3) is 4.79. The summed E-state index contributed by atoms with van der Waals surface area (Å²) in [6.45, 7) is 3.59. The predicted octanol–water partition coefficient (Wildman–Crippen LogP) is 4.28. The number of nitrogens with two attached hydrogens (primary N) is 1. The molecule has 3 aromatic carbocycles. The number of fused-ring (bicyclic) bond motifs is 2. The van der Waals surface area contributed by atoms with Gasteiger partial charge in [0.25, 0.3) is 10.0 Å². The lowest BCUT2D eigenvalue weighted by atomic mass is 10.0. The number of nitrogens with one attached hydrogen (secondary N) is 2. The molecular formula is C27H29N5O3S. The van der Waals surface area contributed by atoms with Gasteiger partial charge in [-0.1, -0.05) is 24.3 Å². The normalized spacial score (nSPS) is 17.1. The zero-order valence-corrected chi connectivity index (χ0v) is 20.9. The molecule has 2 heterocycles. The molecule has 0 aliphatic carbocycles. The topological polar surface area (TPSA) is 124 Å². The molecule has 0 aromatic heterocycles. The van der Waals surface area contributed by atoms with Crippen molar-refractivity contribution in [3.63, 3.8) is 0 Å². The summed E-state index contributed by atoms with van der Waals surface area (Å²) >= 11 is 0. The van der Waals surface area contributed by atoms with Gasteiger partial charge in [0, 0.05) is 37.1 Å². The molecule has 4 N–H and O–H groups in total. The minimum atomic E-state index is -3.63. The van der Waals surface area contributed by atoms with Gasteiger partial charge in [0.15, 0.2) is 0 Å². The van der Waals surface area contributed by atoms with E-state index in [0.717, 1.165) is 47.8 Å². The van der Waals surface area contributed by atoms with Gasteiger partial charge in [-0.2, -0.15) is 0 Å². The minimum Gasteiger partial charge on any atom is -0.490 e. The van der Waals surface area contributed by atoms with Crippen LogP contribution in [0.4, 0.5) is 5.69 Å². The molecule has 0 atom stereocenters. The van der Waals surface area contributed by atoms with Gasteiger partial charge in [0.05, 0.1) is 23.5 Å². The molecule has 1 fully saturated rings. The van der Waals surface area contributed by atoms with E-state index in [1.807, 2.05) is 47.4 Å². The quantitative estimate of drug-likeness (QED) is 0.354.